The van der Waals surface area contributed by atoms with Crippen molar-refractivity contribution >= 4 is 35.0 Å². The Bertz CT molecular complexity index is 413. The Morgan fingerprint density at radius 3 is 2.37 bits per heavy atom. The zero-order valence-corrected chi connectivity index (χ0v) is 14.6. The highest BCUT2D eigenvalue weighted by Gasteiger charge is 2.19. The summed E-state index contributed by atoms with van der Waals surface area (Å²) in [6.45, 7) is 12.0. The molecule has 1 unspecified atom stereocenters. The maximum absolute atomic E-state index is 6.24. The fourth-order valence-corrected chi connectivity index (χ4v) is 3.18. The lowest BCUT2D eigenvalue weighted by Crippen LogP contribution is -2.41. The van der Waals surface area contributed by atoms with Gasteiger partial charge in [0.2, 0.25) is 0 Å². The first-order valence-corrected chi connectivity index (χ1v) is 8.19. The van der Waals surface area contributed by atoms with Crippen LogP contribution in [0.25, 0.3) is 0 Å². The van der Waals surface area contributed by atoms with Crippen LogP contribution in [0.15, 0.2) is 23.1 Å². The molecule has 0 saturated carbocycles. The molecule has 1 atom stereocenters. The molecule has 0 fully saturated rings. The SMILES string of the molecule is CC(C)C(CNC(C)(C)C)Sc1cc(Cl)ccc1Cl. The molecule has 0 aliphatic heterocycles. The van der Waals surface area contributed by atoms with Gasteiger partial charge in [-0.15, -0.1) is 11.8 Å². The first-order chi connectivity index (χ1) is 8.69. The Morgan fingerprint density at radius 1 is 1.21 bits per heavy atom. The molecule has 0 aliphatic carbocycles. The Kier molecular flexibility index (Phi) is 6.52. The molecule has 0 aliphatic rings. The second-order valence-electron chi connectivity index (χ2n) is 6.11. The van der Waals surface area contributed by atoms with Crippen molar-refractivity contribution in [3.63, 3.8) is 0 Å². The predicted molar refractivity (Wildman–Crippen MR) is 88.7 cm³/mol. The maximum atomic E-state index is 6.24. The first kappa shape index (κ1) is 17.2. The zero-order valence-electron chi connectivity index (χ0n) is 12.3. The Labute approximate surface area is 131 Å². The van der Waals surface area contributed by atoms with Crippen molar-refractivity contribution in [2.45, 2.75) is 50.3 Å². The summed E-state index contributed by atoms with van der Waals surface area (Å²) >= 11 is 14.1. The molecule has 1 N–H and O–H groups in total. The van der Waals surface area contributed by atoms with E-state index in [0.717, 1.165) is 21.5 Å². The Hall–Kier alpha value is 0.110. The molecule has 0 spiro atoms. The smallest absolute Gasteiger partial charge is 0.0543 e. The molecule has 108 valence electrons. The van der Waals surface area contributed by atoms with Gasteiger partial charge in [0.25, 0.3) is 0 Å². The molecule has 4 heteroatoms. The van der Waals surface area contributed by atoms with Crippen LogP contribution in [-0.4, -0.2) is 17.3 Å². The highest BCUT2D eigenvalue weighted by molar-refractivity contribution is 8.00. The second-order valence-corrected chi connectivity index (χ2v) is 8.23. The Balaban J connectivity index is 2.75. The van der Waals surface area contributed by atoms with E-state index in [2.05, 4.69) is 39.9 Å². The van der Waals surface area contributed by atoms with Crippen LogP contribution < -0.4 is 5.32 Å². The topological polar surface area (TPSA) is 12.0 Å². The van der Waals surface area contributed by atoms with Crippen molar-refractivity contribution in [2.75, 3.05) is 6.54 Å². The molecular formula is C15H23Cl2NS. The minimum atomic E-state index is 0.131. The predicted octanol–water partition coefficient (Wildman–Crippen LogP) is 5.50. The van der Waals surface area contributed by atoms with Gasteiger partial charge in [-0.2, -0.15) is 0 Å². The molecular weight excluding hydrogens is 297 g/mol. The van der Waals surface area contributed by atoms with Gasteiger partial charge in [0.15, 0.2) is 0 Å². The highest BCUT2D eigenvalue weighted by atomic mass is 35.5. The monoisotopic (exact) mass is 319 g/mol. The second kappa shape index (κ2) is 7.21. The number of thioether (sulfide) groups is 1. The van der Waals surface area contributed by atoms with Gasteiger partial charge in [0.05, 0.1) is 5.02 Å². The van der Waals surface area contributed by atoms with Crippen LogP contribution in [0.4, 0.5) is 0 Å². The molecule has 1 rings (SSSR count). The van der Waals surface area contributed by atoms with Crippen LogP contribution >= 0.6 is 35.0 Å². The van der Waals surface area contributed by atoms with Gasteiger partial charge in [-0.25, -0.2) is 0 Å². The number of rotatable bonds is 5. The number of halogens is 2. The molecule has 0 aromatic heterocycles. The Morgan fingerprint density at radius 2 is 1.84 bits per heavy atom. The molecule has 1 nitrogen and oxygen atoms in total. The van der Waals surface area contributed by atoms with E-state index >= 15 is 0 Å². The highest BCUT2D eigenvalue weighted by Crippen LogP contribution is 2.35. The first-order valence-electron chi connectivity index (χ1n) is 6.56. The summed E-state index contributed by atoms with van der Waals surface area (Å²) in [4.78, 5) is 1.06. The third kappa shape index (κ3) is 6.40. The average Bonchev–Trinajstić information content (AvgIpc) is 2.27. The van der Waals surface area contributed by atoms with Crippen LogP contribution in [0.2, 0.25) is 10.0 Å². The summed E-state index contributed by atoms with van der Waals surface area (Å²) in [5.41, 5.74) is 0.131. The molecule has 19 heavy (non-hydrogen) atoms. The molecule has 0 bridgehead atoms. The van der Waals surface area contributed by atoms with Crippen molar-refractivity contribution < 1.29 is 0 Å². The number of hydrogen-bond donors (Lipinski definition) is 1. The largest absolute Gasteiger partial charge is 0.311 e. The summed E-state index contributed by atoms with van der Waals surface area (Å²) in [6, 6.07) is 5.63. The minimum Gasteiger partial charge on any atom is -0.311 e. The maximum Gasteiger partial charge on any atom is 0.0543 e. The van der Waals surface area contributed by atoms with Gasteiger partial charge in [-0.1, -0.05) is 37.0 Å². The lowest BCUT2D eigenvalue weighted by molar-refractivity contribution is 0.408. The summed E-state index contributed by atoms with van der Waals surface area (Å²) in [5.74, 6) is 0.565. The average molecular weight is 320 g/mol. The van der Waals surface area contributed by atoms with E-state index in [4.69, 9.17) is 23.2 Å². The normalized spacial score (nSPS) is 13.9. The van der Waals surface area contributed by atoms with E-state index in [9.17, 15) is 0 Å². The van der Waals surface area contributed by atoms with Crippen LogP contribution in [0.5, 0.6) is 0 Å². The van der Waals surface area contributed by atoms with E-state index in [0.29, 0.717) is 11.2 Å². The standard InChI is InChI=1S/C15H23Cl2NS/c1-10(2)14(9-18-15(3,4)5)19-13-8-11(16)6-7-12(13)17/h6-8,10,14,18H,9H2,1-5H3. The molecule has 1 aromatic rings. The molecule has 0 heterocycles. The fourth-order valence-electron chi connectivity index (χ4n) is 1.55. The molecule has 0 amide bonds. The van der Waals surface area contributed by atoms with Crippen molar-refractivity contribution in [2.24, 2.45) is 5.92 Å². The molecule has 0 radical (unpaired) electrons. The third-order valence-corrected chi connectivity index (χ3v) is 5.03. The number of hydrogen-bond acceptors (Lipinski definition) is 2. The van der Waals surface area contributed by atoms with Crippen molar-refractivity contribution in [3.05, 3.63) is 28.2 Å². The lowest BCUT2D eigenvalue weighted by atomic mass is 10.1. The van der Waals surface area contributed by atoms with Crippen LogP contribution in [0.1, 0.15) is 34.6 Å². The minimum absolute atomic E-state index is 0.131. The number of benzene rings is 1. The summed E-state index contributed by atoms with van der Waals surface area (Å²) in [7, 11) is 0. The van der Waals surface area contributed by atoms with Crippen LogP contribution in [-0.2, 0) is 0 Å². The fraction of sp³-hybridized carbons (Fsp3) is 0.600. The van der Waals surface area contributed by atoms with E-state index in [1.165, 1.54) is 0 Å². The zero-order chi connectivity index (χ0) is 14.6. The van der Waals surface area contributed by atoms with E-state index < -0.39 is 0 Å². The van der Waals surface area contributed by atoms with Gasteiger partial charge in [0, 0.05) is 27.3 Å². The van der Waals surface area contributed by atoms with Gasteiger partial charge in [-0.05, 0) is 44.9 Å². The molecule has 1 aromatic carbocycles. The van der Waals surface area contributed by atoms with Crippen molar-refractivity contribution in [1.82, 2.24) is 5.32 Å². The van der Waals surface area contributed by atoms with E-state index in [1.54, 1.807) is 11.8 Å². The summed E-state index contributed by atoms with van der Waals surface area (Å²) in [5, 5.41) is 5.54. The van der Waals surface area contributed by atoms with E-state index in [-0.39, 0.29) is 5.54 Å². The summed E-state index contributed by atoms with van der Waals surface area (Å²) in [6.07, 6.45) is 0. The van der Waals surface area contributed by atoms with Crippen LogP contribution in [0.3, 0.4) is 0 Å². The quantitative estimate of drug-likeness (QED) is 0.719. The lowest BCUT2D eigenvalue weighted by Gasteiger charge is -2.27. The number of nitrogens with one attached hydrogen (secondary N) is 1. The van der Waals surface area contributed by atoms with Crippen molar-refractivity contribution in [1.29, 1.82) is 0 Å². The summed E-state index contributed by atoms with van der Waals surface area (Å²) < 4.78 is 0. The van der Waals surface area contributed by atoms with Crippen LogP contribution in [0, 0.1) is 5.92 Å². The van der Waals surface area contributed by atoms with Gasteiger partial charge in [0.1, 0.15) is 0 Å². The van der Waals surface area contributed by atoms with Gasteiger partial charge in [-0.3, -0.25) is 0 Å². The van der Waals surface area contributed by atoms with Crippen molar-refractivity contribution in [3.8, 4) is 0 Å². The third-order valence-electron chi connectivity index (χ3n) is 2.75. The van der Waals surface area contributed by atoms with Gasteiger partial charge >= 0.3 is 0 Å². The van der Waals surface area contributed by atoms with E-state index in [1.807, 2.05) is 18.2 Å². The molecule has 0 saturated heterocycles. The van der Waals surface area contributed by atoms with Gasteiger partial charge < -0.3 is 5.32 Å².